The summed E-state index contributed by atoms with van der Waals surface area (Å²) in [4.78, 5) is 24.4. The Labute approximate surface area is 147 Å². The Balaban J connectivity index is 1.82. The molecule has 4 unspecified atom stereocenters. The highest BCUT2D eigenvalue weighted by Crippen LogP contribution is 2.58. The van der Waals surface area contributed by atoms with Gasteiger partial charge in [0.1, 0.15) is 0 Å². The molecule has 4 heteroatoms. The summed E-state index contributed by atoms with van der Waals surface area (Å²) in [6.45, 7) is 17.9. The molecule has 0 aromatic rings. The first kappa shape index (κ1) is 18.6. The summed E-state index contributed by atoms with van der Waals surface area (Å²) in [5, 5.41) is 0. The summed E-state index contributed by atoms with van der Waals surface area (Å²) in [6.07, 6.45) is 3.66. The summed E-state index contributed by atoms with van der Waals surface area (Å²) in [7, 11) is 0. The Morgan fingerprint density at radius 2 is 0.750 bits per heavy atom. The third-order valence-corrected chi connectivity index (χ3v) is 7.47. The molecule has 1 heterocycles. The van der Waals surface area contributed by atoms with E-state index < -0.39 is 11.6 Å². The molecule has 3 fully saturated rings. The summed E-state index contributed by atoms with van der Waals surface area (Å²) >= 11 is 0. The van der Waals surface area contributed by atoms with Crippen molar-refractivity contribution < 1.29 is 19.6 Å². The van der Waals surface area contributed by atoms with E-state index in [4.69, 9.17) is 19.6 Å². The first-order valence-corrected chi connectivity index (χ1v) is 9.67. The van der Waals surface area contributed by atoms with Gasteiger partial charge in [0.05, 0.1) is 0 Å². The average Bonchev–Trinajstić information content (AvgIpc) is 2.45. The summed E-state index contributed by atoms with van der Waals surface area (Å²) < 4.78 is 0. The van der Waals surface area contributed by atoms with Crippen LogP contribution in [0.4, 0.5) is 0 Å². The topological polar surface area (TPSA) is 36.9 Å². The lowest BCUT2D eigenvalue weighted by atomic mass is 9.63. The molecule has 0 bridgehead atoms. The van der Waals surface area contributed by atoms with Gasteiger partial charge in [0, 0.05) is 23.7 Å². The molecular weight excluding hydrogens is 304 g/mol. The standard InChI is InChI=1S/C20H36O4/c1-13-9-17(5,6)19(11-15(13)3)21-23-20(24-22-19)12-16(4)14(2)10-18(20,7)8/h13-16H,9-12H2,1-8H3. The third-order valence-electron chi connectivity index (χ3n) is 7.47. The van der Waals surface area contributed by atoms with Crippen molar-refractivity contribution in [1.29, 1.82) is 0 Å². The monoisotopic (exact) mass is 340 g/mol. The molecule has 2 aliphatic carbocycles. The third kappa shape index (κ3) is 2.65. The van der Waals surface area contributed by atoms with Gasteiger partial charge in [-0.3, -0.25) is 0 Å². The van der Waals surface area contributed by atoms with Crippen LogP contribution in [-0.4, -0.2) is 11.6 Å². The van der Waals surface area contributed by atoms with Crippen LogP contribution in [0, 0.1) is 34.5 Å². The molecule has 4 nitrogen and oxygen atoms in total. The molecule has 1 aliphatic heterocycles. The minimum absolute atomic E-state index is 0.155. The first-order chi connectivity index (χ1) is 10.9. The molecule has 2 spiro atoms. The van der Waals surface area contributed by atoms with Crippen LogP contribution in [-0.2, 0) is 19.6 Å². The highest BCUT2D eigenvalue weighted by atomic mass is 17.4. The molecule has 0 aromatic carbocycles. The van der Waals surface area contributed by atoms with Crippen LogP contribution in [0.15, 0.2) is 0 Å². The van der Waals surface area contributed by atoms with Crippen LogP contribution in [0.2, 0.25) is 0 Å². The second kappa shape index (κ2) is 5.67. The molecule has 2 saturated carbocycles. The van der Waals surface area contributed by atoms with Gasteiger partial charge in [-0.1, -0.05) is 55.4 Å². The highest BCUT2D eigenvalue weighted by molar-refractivity contribution is 4.99. The van der Waals surface area contributed by atoms with Crippen LogP contribution in [0.3, 0.4) is 0 Å². The van der Waals surface area contributed by atoms with Crippen molar-refractivity contribution in [2.45, 2.75) is 92.6 Å². The van der Waals surface area contributed by atoms with Crippen LogP contribution >= 0.6 is 0 Å². The van der Waals surface area contributed by atoms with E-state index in [1.54, 1.807) is 0 Å². The largest absolute Gasteiger partial charge is 0.239 e. The van der Waals surface area contributed by atoms with E-state index in [9.17, 15) is 0 Å². The second-order valence-electron chi connectivity index (χ2n) is 10.3. The van der Waals surface area contributed by atoms with Gasteiger partial charge in [-0.15, -0.1) is 0 Å². The average molecular weight is 341 g/mol. The van der Waals surface area contributed by atoms with E-state index in [0.29, 0.717) is 23.7 Å². The molecule has 0 amide bonds. The quantitative estimate of drug-likeness (QED) is 0.548. The van der Waals surface area contributed by atoms with Crippen molar-refractivity contribution in [3.8, 4) is 0 Å². The molecule has 4 atom stereocenters. The van der Waals surface area contributed by atoms with Crippen molar-refractivity contribution in [3.05, 3.63) is 0 Å². The Morgan fingerprint density at radius 3 is 1.04 bits per heavy atom. The predicted molar refractivity (Wildman–Crippen MR) is 92.5 cm³/mol. The van der Waals surface area contributed by atoms with E-state index in [1.807, 2.05) is 0 Å². The van der Waals surface area contributed by atoms with Gasteiger partial charge >= 0.3 is 0 Å². The normalized spacial score (nSPS) is 51.0. The van der Waals surface area contributed by atoms with Gasteiger partial charge in [-0.2, -0.15) is 19.6 Å². The molecule has 1 saturated heterocycles. The maximum atomic E-state index is 6.11. The van der Waals surface area contributed by atoms with E-state index in [-0.39, 0.29) is 10.8 Å². The molecular formula is C20H36O4. The van der Waals surface area contributed by atoms with E-state index >= 15 is 0 Å². The molecule has 24 heavy (non-hydrogen) atoms. The Hall–Kier alpha value is -0.160. The molecule has 0 aromatic heterocycles. The molecule has 140 valence electrons. The molecule has 0 N–H and O–H groups in total. The van der Waals surface area contributed by atoms with Crippen molar-refractivity contribution >= 4 is 0 Å². The Morgan fingerprint density at radius 1 is 0.500 bits per heavy atom. The van der Waals surface area contributed by atoms with Crippen LogP contribution in [0.1, 0.15) is 81.1 Å². The number of hydrogen-bond acceptors (Lipinski definition) is 4. The lowest BCUT2D eigenvalue weighted by Crippen LogP contribution is -2.65. The lowest BCUT2D eigenvalue weighted by Gasteiger charge is -2.59. The van der Waals surface area contributed by atoms with Gasteiger partial charge in [-0.25, -0.2) is 0 Å². The van der Waals surface area contributed by atoms with Crippen molar-refractivity contribution in [2.24, 2.45) is 34.5 Å². The van der Waals surface area contributed by atoms with E-state index in [2.05, 4.69) is 55.4 Å². The fraction of sp³-hybridized carbons (Fsp3) is 1.00. The van der Waals surface area contributed by atoms with Crippen molar-refractivity contribution in [1.82, 2.24) is 0 Å². The number of rotatable bonds is 0. The SMILES string of the molecule is CC1CC(C)(C)C2(CC1C)OOC1(CC(C)C(C)CC1(C)C)OO2. The summed E-state index contributed by atoms with van der Waals surface area (Å²) in [6, 6.07) is 0. The van der Waals surface area contributed by atoms with E-state index in [0.717, 1.165) is 25.7 Å². The van der Waals surface area contributed by atoms with Crippen LogP contribution in [0.5, 0.6) is 0 Å². The van der Waals surface area contributed by atoms with Crippen molar-refractivity contribution in [2.75, 3.05) is 0 Å². The van der Waals surface area contributed by atoms with Gasteiger partial charge in [-0.05, 0) is 36.5 Å². The van der Waals surface area contributed by atoms with Crippen LogP contribution < -0.4 is 0 Å². The summed E-state index contributed by atoms with van der Waals surface area (Å²) in [5.41, 5.74) is -0.309. The lowest BCUT2D eigenvalue weighted by molar-refractivity contribution is -0.690. The van der Waals surface area contributed by atoms with Gasteiger partial charge < -0.3 is 0 Å². The molecule has 0 radical (unpaired) electrons. The minimum Gasteiger partial charge on any atom is -0.194 e. The zero-order chi connectivity index (χ0) is 18.0. The molecule has 3 aliphatic rings. The van der Waals surface area contributed by atoms with E-state index in [1.165, 1.54) is 0 Å². The second-order valence-corrected chi connectivity index (χ2v) is 10.3. The van der Waals surface area contributed by atoms with Gasteiger partial charge in [0.2, 0.25) is 11.6 Å². The first-order valence-electron chi connectivity index (χ1n) is 9.67. The summed E-state index contributed by atoms with van der Waals surface area (Å²) in [5.74, 6) is 0.677. The fourth-order valence-corrected chi connectivity index (χ4v) is 5.01. The van der Waals surface area contributed by atoms with Gasteiger partial charge in [0.15, 0.2) is 0 Å². The van der Waals surface area contributed by atoms with Crippen molar-refractivity contribution in [3.63, 3.8) is 0 Å². The Bertz CT molecular complexity index is 432. The predicted octanol–water partition coefficient (Wildman–Crippen LogP) is 5.47. The maximum Gasteiger partial charge on any atom is 0.239 e. The highest BCUT2D eigenvalue weighted by Gasteiger charge is 2.64. The smallest absolute Gasteiger partial charge is 0.194 e. The number of hydrogen-bond donors (Lipinski definition) is 0. The fourth-order valence-electron chi connectivity index (χ4n) is 5.01. The maximum absolute atomic E-state index is 6.11. The minimum atomic E-state index is -0.813. The zero-order valence-corrected chi connectivity index (χ0v) is 16.8. The van der Waals surface area contributed by atoms with Crippen LogP contribution in [0.25, 0.3) is 0 Å². The van der Waals surface area contributed by atoms with Gasteiger partial charge in [0.25, 0.3) is 0 Å². The Kier molecular flexibility index (Phi) is 4.40. The molecule has 3 rings (SSSR count). The zero-order valence-electron chi connectivity index (χ0n) is 16.8.